The molecular formula is CH4FeNO4P. The van der Waals surface area contributed by atoms with Gasteiger partial charge < -0.3 is 14.7 Å². The first-order chi connectivity index (χ1) is 3.00. The summed E-state index contributed by atoms with van der Waals surface area (Å²) in [7, 11) is -4.64. The summed E-state index contributed by atoms with van der Waals surface area (Å²) in [5.41, 5.74) is 0. The van der Waals surface area contributed by atoms with Crippen molar-refractivity contribution in [1.29, 1.82) is 5.26 Å². The van der Waals surface area contributed by atoms with Crippen LogP contribution >= 0.6 is 7.82 Å². The van der Waals surface area contributed by atoms with E-state index in [0.29, 0.717) is 0 Å². The van der Waals surface area contributed by atoms with Crippen molar-refractivity contribution in [3.05, 3.63) is 0 Å². The molecule has 0 rings (SSSR count). The van der Waals surface area contributed by atoms with Crippen molar-refractivity contribution in [2.45, 2.75) is 0 Å². The molecule has 0 spiro atoms. The maximum Gasteiger partial charge on any atom is 0.466 e. The molecule has 0 aromatic rings. The number of hydrogen-bond acceptors (Lipinski definition) is 2. The van der Waals surface area contributed by atoms with E-state index in [0.717, 1.165) is 0 Å². The van der Waals surface area contributed by atoms with E-state index in [1.807, 2.05) is 0 Å². The fourth-order valence-electron chi connectivity index (χ4n) is 0. The SMILES string of the molecule is C#N.O=P(O)(O)O.[Fe]. The van der Waals surface area contributed by atoms with Crippen molar-refractivity contribution in [2.75, 3.05) is 0 Å². The number of nitriles is 1. The van der Waals surface area contributed by atoms with Gasteiger partial charge in [-0.15, -0.1) is 0 Å². The molecule has 0 aromatic carbocycles. The van der Waals surface area contributed by atoms with Crippen molar-refractivity contribution < 1.29 is 36.3 Å². The minimum absolute atomic E-state index is 0. The Morgan fingerprint density at radius 2 is 1.25 bits per heavy atom. The molecule has 0 amide bonds. The third-order valence-electron chi connectivity index (χ3n) is 0. The van der Waals surface area contributed by atoms with Crippen molar-refractivity contribution in [3.63, 3.8) is 0 Å². The molecule has 0 saturated heterocycles. The van der Waals surface area contributed by atoms with Gasteiger partial charge in [0.25, 0.3) is 0 Å². The number of rotatable bonds is 0. The summed E-state index contributed by atoms with van der Waals surface area (Å²) in [6.45, 7) is 3.50. The van der Waals surface area contributed by atoms with Gasteiger partial charge in [-0.05, 0) is 0 Å². The Balaban J connectivity index is -0.0000000750. The second-order valence-electron chi connectivity index (χ2n) is 0.513. The first-order valence-corrected chi connectivity index (χ1v) is 2.61. The molecule has 0 radical (unpaired) electrons. The normalized spacial score (nSPS) is 7.62. The molecule has 3 N–H and O–H groups in total. The third kappa shape index (κ3) is 11200. The summed E-state index contributed by atoms with van der Waals surface area (Å²) >= 11 is 0. The van der Waals surface area contributed by atoms with Gasteiger partial charge in [0.15, 0.2) is 0 Å². The van der Waals surface area contributed by atoms with Gasteiger partial charge in [-0.25, -0.2) is 9.83 Å². The standard InChI is InChI=1S/CHN.Fe.H3O4P/c1-2;;1-5(2,3)4/h1H;;(H3,1,2,3,4). The second-order valence-corrected chi connectivity index (χ2v) is 1.54. The van der Waals surface area contributed by atoms with Gasteiger partial charge in [0, 0.05) is 23.6 Å². The summed E-state index contributed by atoms with van der Waals surface area (Å²) in [6.07, 6.45) is 0. The smallest absolute Gasteiger partial charge is 0.303 e. The second kappa shape index (κ2) is 7.12. The molecule has 0 aliphatic carbocycles. The van der Waals surface area contributed by atoms with E-state index in [1.54, 1.807) is 0 Å². The number of nitrogens with zero attached hydrogens (tertiary/aromatic N) is 1. The summed E-state index contributed by atoms with van der Waals surface area (Å²) < 4.78 is 8.88. The van der Waals surface area contributed by atoms with Crippen LogP contribution in [0.2, 0.25) is 0 Å². The monoisotopic (exact) mass is 181 g/mol. The molecule has 0 fully saturated rings. The Labute approximate surface area is 56.7 Å². The summed E-state index contributed by atoms with van der Waals surface area (Å²) in [5, 5.41) is 6.50. The van der Waals surface area contributed by atoms with Gasteiger partial charge >= 0.3 is 7.82 Å². The molecule has 0 heterocycles. The minimum Gasteiger partial charge on any atom is -0.303 e. The van der Waals surface area contributed by atoms with Crippen molar-refractivity contribution >= 4 is 7.82 Å². The predicted octanol–water partition coefficient (Wildman–Crippen LogP) is -0.791. The third-order valence-corrected chi connectivity index (χ3v) is 0. The van der Waals surface area contributed by atoms with E-state index in [-0.39, 0.29) is 17.1 Å². The topological polar surface area (TPSA) is 102 Å². The number of phosphoric acid groups is 1. The Morgan fingerprint density at radius 3 is 1.25 bits per heavy atom. The maximum atomic E-state index is 8.88. The first-order valence-electron chi connectivity index (χ1n) is 1.04. The molecular weight excluding hydrogens is 177 g/mol. The average molecular weight is 181 g/mol. The zero-order chi connectivity index (χ0) is 6.50. The van der Waals surface area contributed by atoms with Gasteiger partial charge in [-0.1, -0.05) is 0 Å². The molecule has 0 aromatic heterocycles. The fraction of sp³-hybridized carbons (Fsp3) is 0. The van der Waals surface area contributed by atoms with Gasteiger partial charge in [0.05, 0.1) is 0 Å². The summed E-state index contributed by atoms with van der Waals surface area (Å²) in [6, 6.07) is 0. The van der Waals surface area contributed by atoms with E-state index < -0.39 is 7.82 Å². The van der Waals surface area contributed by atoms with Gasteiger partial charge in [0.1, 0.15) is 0 Å². The van der Waals surface area contributed by atoms with E-state index in [9.17, 15) is 0 Å². The van der Waals surface area contributed by atoms with Crippen LogP contribution in [-0.4, -0.2) is 14.7 Å². The molecule has 0 aliphatic rings. The molecule has 0 saturated carbocycles. The predicted molar refractivity (Wildman–Crippen MR) is 20.9 cm³/mol. The van der Waals surface area contributed by atoms with Crippen LogP contribution in [0.4, 0.5) is 0 Å². The fourth-order valence-corrected chi connectivity index (χ4v) is 0. The summed E-state index contributed by atoms with van der Waals surface area (Å²) in [4.78, 5) is 21.6. The van der Waals surface area contributed by atoms with Crippen LogP contribution < -0.4 is 0 Å². The van der Waals surface area contributed by atoms with Crippen LogP contribution in [0.5, 0.6) is 0 Å². The van der Waals surface area contributed by atoms with Crippen LogP contribution in [0.15, 0.2) is 0 Å². The molecule has 0 unspecified atom stereocenters. The van der Waals surface area contributed by atoms with E-state index in [4.69, 9.17) is 24.5 Å². The van der Waals surface area contributed by atoms with E-state index in [1.165, 1.54) is 0 Å². The Morgan fingerprint density at radius 1 is 1.25 bits per heavy atom. The van der Waals surface area contributed by atoms with E-state index >= 15 is 0 Å². The van der Waals surface area contributed by atoms with Crippen LogP contribution in [-0.2, 0) is 21.6 Å². The van der Waals surface area contributed by atoms with Crippen molar-refractivity contribution in [3.8, 4) is 6.57 Å². The molecule has 0 bridgehead atoms. The van der Waals surface area contributed by atoms with Gasteiger partial charge in [0.2, 0.25) is 0 Å². The van der Waals surface area contributed by atoms with Gasteiger partial charge in [-0.2, -0.15) is 0 Å². The molecule has 50 valence electrons. The van der Waals surface area contributed by atoms with Crippen LogP contribution in [0.25, 0.3) is 0 Å². The van der Waals surface area contributed by atoms with E-state index in [2.05, 4.69) is 6.57 Å². The largest absolute Gasteiger partial charge is 0.466 e. The van der Waals surface area contributed by atoms with Crippen molar-refractivity contribution in [2.24, 2.45) is 0 Å². The molecule has 5 nitrogen and oxygen atoms in total. The Kier molecular flexibility index (Phi) is 14.0. The first kappa shape index (κ1) is 15.7. The summed E-state index contributed by atoms with van der Waals surface area (Å²) in [5.74, 6) is 0. The Bertz CT molecular complexity index is 87.2. The molecule has 8 heavy (non-hydrogen) atoms. The average Bonchev–Trinajstić information content (AvgIpc) is 1.36. The quantitative estimate of drug-likeness (QED) is 0.335. The minimum atomic E-state index is -4.64. The Hall–Kier alpha value is 0.119. The van der Waals surface area contributed by atoms with Crippen LogP contribution in [0.1, 0.15) is 0 Å². The van der Waals surface area contributed by atoms with Gasteiger partial charge in [-0.3, -0.25) is 0 Å². The molecule has 0 aliphatic heterocycles. The maximum absolute atomic E-state index is 8.88. The van der Waals surface area contributed by atoms with Crippen LogP contribution in [0.3, 0.4) is 0 Å². The molecule has 7 heteroatoms. The van der Waals surface area contributed by atoms with Crippen LogP contribution in [0, 0.1) is 11.8 Å². The number of hydrogen-bond donors (Lipinski definition) is 3. The van der Waals surface area contributed by atoms with Crippen molar-refractivity contribution in [1.82, 2.24) is 0 Å². The zero-order valence-corrected chi connectivity index (χ0v) is 5.57. The molecule has 0 atom stereocenters. The zero-order valence-electron chi connectivity index (χ0n) is 3.58.